The number of nitrogens with one attached hydrogen (secondary N) is 1. The number of carbonyl (C=O) groups is 2. The molecule has 1 amide bonds. The topological polar surface area (TPSA) is 88.4 Å². The maximum atomic E-state index is 12.1. The molecule has 0 unspecified atom stereocenters. The van der Waals surface area contributed by atoms with E-state index in [2.05, 4.69) is 5.32 Å². The molecule has 2 rings (SSSR count). The Morgan fingerprint density at radius 2 is 1.69 bits per heavy atom. The number of halogens is 4. The first-order valence-electron chi connectivity index (χ1n) is 7.82. The van der Waals surface area contributed by atoms with E-state index in [4.69, 9.17) is 55.9 Å². The van der Waals surface area contributed by atoms with E-state index in [1.807, 2.05) is 0 Å². The lowest BCUT2D eigenvalue weighted by Gasteiger charge is -2.12. The van der Waals surface area contributed by atoms with Crippen molar-refractivity contribution in [1.82, 2.24) is 0 Å². The first-order chi connectivity index (χ1) is 13.8. The Morgan fingerprint density at radius 1 is 1.10 bits per heavy atom. The molecule has 1 N–H and O–H groups in total. The van der Waals surface area contributed by atoms with Crippen molar-refractivity contribution in [2.24, 2.45) is 0 Å². The van der Waals surface area contributed by atoms with Gasteiger partial charge in [0.1, 0.15) is 17.4 Å². The van der Waals surface area contributed by atoms with Crippen molar-refractivity contribution < 1.29 is 19.1 Å². The van der Waals surface area contributed by atoms with Crippen LogP contribution in [0.1, 0.15) is 5.56 Å². The largest absolute Gasteiger partial charge is 0.497 e. The minimum atomic E-state index is -0.972. The van der Waals surface area contributed by atoms with Crippen molar-refractivity contribution in [3.63, 3.8) is 0 Å². The lowest BCUT2D eigenvalue weighted by molar-refractivity contribution is -0.142. The third-order valence-electron chi connectivity index (χ3n) is 3.48. The predicted molar refractivity (Wildman–Crippen MR) is 113 cm³/mol. The Morgan fingerprint density at radius 3 is 2.21 bits per heavy atom. The Kier molecular flexibility index (Phi) is 8.18. The lowest BCUT2D eigenvalue weighted by Crippen LogP contribution is -2.21. The number of rotatable bonds is 6. The number of nitriles is 1. The molecule has 6 nitrogen and oxygen atoms in total. The van der Waals surface area contributed by atoms with Crippen molar-refractivity contribution in [2.45, 2.75) is 0 Å². The molecule has 29 heavy (non-hydrogen) atoms. The van der Waals surface area contributed by atoms with Crippen LogP contribution in [-0.2, 0) is 14.3 Å². The molecule has 0 fully saturated rings. The van der Waals surface area contributed by atoms with Crippen molar-refractivity contribution >= 4 is 70.0 Å². The van der Waals surface area contributed by atoms with Gasteiger partial charge in [0.25, 0.3) is 5.91 Å². The average Bonchev–Trinajstić information content (AvgIpc) is 2.72. The van der Waals surface area contributed by atoms with Crippen LogP contribution in [0, 0.1) is 11.3 Å². The van der Waals surface area contributed by atoms with Crippen LogP contribution in [0.5, 0.6) is 5.75 Å². The van der Waals surface area contributed by atoms with Gasteiger partial charge in [-0.05, 0) is 29.8 Å². The summed E-state index contributed by atoms with van der Waals surface area (Å²) in [5.41, 5.74) is 0.280. The van der Waals surface area contributed by atoms with Crippen LogP contribution >= 0.6 is 46.4 Å². The smallest absolute Gasteiger partial charge is 0.349 e. The molecule has 0 heterocycles. The van der Waals surface area contributed by atoms with Crippen molar-refractivity contribution in [3.05, 3.63) is 61.6 Å². The minimum Gasteiger partial charge on any atom is -0.497 e. The molecule has 2 aromatic rings. The van der Waals surface area contributed by atoms with Crippen LogP contribution in [0.25, 0.3) is 6.08 Å². The summed E-state index contributed by atoms with van der Waals surface area (Å²) >= 11 is 23.8. The Labute approximate surface area is 186 Å². The van der Waals surface area contributed by atoms with E-state index < -0.39 is 18.5 Å². The van der Waals surface area contributed by atoms with Gasteiger partial charge in [-0.25, -0.2) is 4.79 Å². The Bertz CT molecular complexity index is 988. The molecule has 2 aromatic carbocycles. The van der Waals surface area contributed by atoms with Crippen molar-refractivity contribution in [1.29, 1.82) is 5.26 Å². The van der Waals surface area contributed by atoms with Crippen molar-refractivity contribution in [3.8, 4) is 11.8 Å². The van der Waals surface area contributed by atoms with Gasteiger partial charge in [0.2, 0.25) is 0 Å². The van der Waals surface area contributed by atoms with Crippen LogP contribution in [-0.4, -0.2) is 25.6 Å². The number of hydrogen-bond acceptors (Lipinski definition) is 5. The van der Waals surface area contributed by atoms with Gasteiger partial charge < -0.3 is 14.8 Å². The molecule has 0 aromatic heterocycles. The number of carbonyl (C=O) groups excluding carboxylic acids is 2. The molecular weight excluding hydrogens is 462 g/mol. The molecule has 0 bridgehead atoms. The third kappa shape index (κ3) is 6.02. The van der Waals surface area contributed by atoms with E-state index in [0.717, 1.165) is 0 Å². The van der Waals surface area contributed by atoms with Crippen LogP contribution in [0.4, 0.5) is 5.69 Å². The highest BCUT2D eigenvalue weighted by molar-refractivity contribution is 6.50. The fourth-order valence-electron chi connectivity index (χ4n) is 2.07. The van der Waals surface area contributed by atoms with Gasteiger partial charge >= 0.3 is 5.97 Å². The molecule has 0 aliphatic heterocycles. The molecule has 150 valence electrons. The molecule has 0 radical (unpaired) electrons. The fraction of sp³-hybridized carbons (Fsp3) is 0.105. The fourth-order valence-corrected chi connectivity index (χ4v) is 2.97. The summed E-state index contributed by atoms with van der Waals surface area (Å²) < 4.78 is 9.90. The van der Waals surface area contributed by atoms with E-state index in [1.165, 1.54) is 19.3 Å². The molecule has 0 saturated heterocycles. The summed E-state index contributed by atoms with van der Waals surface area (Å²) in [6.45, 7) is -0.683. The van der Waals surface area contributed by atoms with Gasteiger partial charge in [-0.15, -0.1) is 0 Å². The van der Waals surface area contributed by atoms with Crippen LogP contribution in [0.2, 0.25) is 20.1 Å². The number of amides is 1. The van der Waals surface area contributed by atoms with Gasteiger partial charge in [-0.2, -0.15) is 5.26 Å². The van der Waals surface area contributed by atoms with Crippen LogP contribution in [0.3, 0.4) is 0 Å². The van der Waals surface area contributed by atoms with Gasteiger partial charge in [-0.1, -0.05) is 58.5 Å². The van der Waals surface area contributed by atoms with Crippen LogP contribution < -0.4 is 10.1 Å². The highest BCUT2D eigenvalue weighted by atomic mass is 35.5. The van der Waals surface area contributed by atoms with E-state index in [-0.39, 0.29) is 31.4 Å². The van der Waals surface area contributed by atoms with E-state index in [9.17, 15) is 14.9 Å². The highest BCUT2D eigenvalue weighted by Crippen LogP contribution is 2.40. The summed E-state index contributed by atoms with van der Waals surface area (Å²) in [6.07, 6.45) is 1.32. The predicted octanol–water partition coefficient (Wildman–Crippen LogP) is 5.40. The number of esters is 1. The second-order valence-electron chi connectivity index (χ2n) is 5.41. The summed E-state index contributed by atoms with van der Waals surface area (Å²) in [7, 11) is 1.52. The molecule has 0 aliphatic rings. The van der Waals surface area contributed by atoms with E-state index in [1.54, 1.807) is 30.3 Å². The standard InChI is InChI=1S/C19H12Cl4N2O4/c1-28-12-4-2-10(3-5-12)6-11(8-24)19(27)29-9-15(26)25-18-16(22)13(20)7-14(21)17(18)23/h2-7H,9H2,1H3,(H,25,26)/b11-6+. The first kappa shape index (κ1) is 22.9. The average molecular weight is 474 g/mol. The molecule has 10 heteroatoms. The molecule has 0 spiro atoms. The number of ether oxygens (including phenoxy) is 2. The quantitative estimate of drug-likeness (QED) is 0.262. The number of benzene rings is 2. The van der Waals surface area contributed by atoms with E-state index in [0.29, 0.717) is 11.3 Å². The maximum absolute atomic E-state index is 12.1. The maximum Gasteiger partial charge on any atom is 0.349 e. The SMILES string of the molecule is COc1ccc(/C=C(\C#N)C(=O)OCC(=O)Nc2c(Cl)c(Cl)cc(Cl)c2Cl)cc1. The number of methoxy groups -OCH3 is 1. The number of nitrogens with zero attached hydrogens (tertiary/aromatic N) is 1. The lowest BCUT2D eigenvalue weighted by atomic mass is 10.1. The van der Waals surface area contributed by atoms with Crippen molar-refractivity contribution in [2.75, 3.05) is 19.0 Å². The zero-order valence-electron chi connectivity index (χ0n) is 14.8. The summed E-state index contributed by atoms with van der Waals surface area (Å²) in [5.74, 6) is -1.10. The second-order valence-corrected chi connectivity index (χ2v) is 6.98. The number of hydrogen-bond donors (Lipinski definition) is 1. The first-order valence-corrected chi connectivity index (χ1v) is 9.33. The zero-order valence-corrected chi connectivity index (χ0v) is 17.8. The summed E-state index contributed by atoms with van der Waals surface area (Å²) in [4.78, 5) is 24.2. The Hall–Kier alpha value is -2.43. The normalized spacial score (nSPS) is 10.8. The van der Waals surface area contributed by atoms with Gasteiger partial charge in [0.05, 0.1) is 32.9 Å². The van der Waals surface area contributed by atoms with Gasteiger partial charge in [-0.3, -0.25) is 4.79 Å². The molecule has 0 atom stereocenters. The molecular formula is C19H12Cl4N2O4. The summed E-state index contributed by atoms with van der Waals surface area (Å²) in [5, 5.41) is 11.7. The van der Waals surface area contributed by atoms with Gasteiger partial charge in [0, 0.05) is 0 Å². The monoisotopic (exact) mass is 472 g/mol. The van der Waals surface area contributed by atoms with Crippen LogP contribution in [0.15, 0.2) is 35.9 Å². The minimum absolute atomic E-state index is 0.0128. The highest BCUT2D eigenvalue weighted by Gasteiger charge is 2.18. The second kappa shape index (κ2) is 10.4. The molecule has 0 saturated carbocycles. The summed E-state index contributed by atoms with van der Waals surface area (Å²) in [6, 6.07) is 9.71. The third-order valence-corrected chi connectivity index (χ3v) is 5.05. The van der Waals surface area contributed by atoms with Gasteiger partial charge in [0.15, 0.2) is 6.61 Å². The van der Waals surface area contributed by atoms with E-state index >= 15 is 0 Å². The molecule has 0 aliphatic carbocycles. The Balaban J connectivity index is 2.04. The number of anilines is 1. The zero-order chi connectivity index (χ0) is 21.6.